The Bertz CT molecular complexity index is 155. The minimum atomic E-state index is -0.862. The van der Waals surface area contributed by atoms with E-state index in [1.807, 2.05) is 6.92 Å². The summed E-state index contributed by atoms with van der Waals surface area (Å²) >= 11 is 0. The molecule has 0 heterocycles. The van der Waals surface area contributed by atoms with Crippen molar-refractivity contribution in [3.8, 4) is 0 Å². The molecule has 1 N–H and O–H groups in total. The molecule has 0 fully saturated rings. The zero-order valence-corrected chi connectivity index (χ0v) is 7.83. The highest BCUT2D eigenvalue weighted by Gasteiger charge is 2.28. The highest BCUT2D eigenvalue weighted by Crippen LogP contribution is 2.20. The number of hydrogen-bond donors (Lipinski definition) is 1. The molecule has 0 aromatic rings. The highest BCUT2D eigenvalue weighted by molar-refractivity contribution is 5.84. The third kappa shape index (κ3) is 2.64. The number of carboxylic acids is 1. The molecule has 2 atom stereocenters. The van der Waals surface area contributed by atoms with Gasteiger partial charge < -0.3 is 5.11 Å². The van der Waals surface area contributed by atoms with Gasteiger partial charge in [-0.2, -0.15) is 0 Å². The molecular weight excluding hydrogens is 156 g/mol. The second-order valence-electron chi connectivity index (χ2n) is 2.98. The van der Waals surface area contributed by atoms with Gasteiger partial charge in [0, 0.05) is 5.92 Å². The van der Waals surface area contributed by atoms with Crippen LogP contribution in [0.25, 0.3) is 0 Å². The predicted octanol–water partition coefficient (Wildman–Crippen LogP) is 1.71. The Morgan fingerprint density at radius 2 is 1.58 bits per heavy atom. The van der Waals surface area contributed by atoms with Crippen LogP contribution in [0.5, 0.6) is 0 Å². The Morgan fingerprint density at radius 1 is 1.17 bits per heavy atom. The van der Waals surface area contributed by atoms with Crippen LogP contribution in [0.3, 0.4) is 0 Å². The maximum Gasteiger partial charge on any atom is 0.307 e. The van der Waals surface area contributed by atoms with Gasteiger partial charge in [-0.15, -0.1) is 0 Å². The van der Waals surface area contributed by atoms with Gasteiger partial charge >= 0.3 is 5.97 Å². The van der Waals surface area contributed by atoms with E-state index < -0.39 is 11.9 Å². The molecule has 0 spiro atoms. The van der Waals surface area contributed by atoms with Crippen molar-refractivity contribution in [2.45, 2.75) is 33.6 Å². The molecule has 70 valence electrons. The number of carboxylic acid groups (broad SMARTS) is 1. The number of Topliss-reactive ketones (excluding diaryl/α,β-unsaturated/α-hetero) is 1. The van der Waals surface area contributed by atoms with Crippen LogP contribution < -0.4 is 0 Å². The maximum atomic E-state index is 11.0. The van der Waals surface area contributed by atoms with Crippen LogP contribution in [0, 0.1) is 11.8 Å². The van der Waals surface area contributed by atoms with Crippen LogP contribution in [0.1, 0.15) is 33.6 Å². The number of carbonyl (C=O) groups excluding carboxylic acids is 1. The van der Waals surface area contributed by atoms with Crippen molar-refractivity contribution in [2.75, 3.05) is 0 Å². The Labute approximate surface area is 72.8 Å². The van der Waals surface area contributed by atoms with Gasteiger partial charge in [-0.25, -0.2) is 0 Å². The van der Waals surface area contributed by atoms with E-state index in [-0.39, 0.29) is 11.7 Å². The molecule has 0 aliphatic heterocycles. The Hall–Kier alpha value is -0.860. The summed E-state index contributed by atoms with van der Waals surface area (Å²) in [5.74, 6) is -1.70. The topological polar surface area (TPSA) is 54.4 Å². The first-order chi connectivity index (χ1) is 5.54. The van der Waals surface area contributed by atoms with E-state index in [0.717, 1.165) is 0 Å². The molecule has 0 radical (unpaired) electrons. The summed E-state index contributed by atoms with van der Waals surface area (Å²) in [4.78, 5) is 21.7. The minimum Gasteiger partial charge on any atom is -0.481 e. The van der Waals surface area contributed by atoms with E-state index in [0.29, 0.717) is 12.8 Å². The van der Waals surface area contributed by atoms with E-state index in [9.17, 15) is 9.59 Å². The van der Waals surface area contributed by atoms with Crippen LogP contribution in [-0.2, 0) is 9.59 Å². The summed E-state index contributed by atoms with van der Waals surface area (Å²) in [5.41, 5.74) is 0. The number of carbonyl (C=O) groups is 2. The largest absolute Gasteiger partial charge is 0.481 e. The Kier molecular flexibility index (Phi) is 4.55. The quantitative estimate of drug-likeness (QED) is 0.686. The lowest BCUT2D eigenvalue weighted by molar-refractivity contribution is -0.146. The number of rotatable bonds is 5. The lowest BCUT2D eigenvalue weighted by Gasteiger charge is -2.18. The first-order valence-corrected chi connectivity index (χ1v) is 4.27. The summed E-state index contributed by atoms with van der Waals surface area (Å²) in [6, 6.07) is 0. The average molecular weight is 172 g/mol. The van der Waals surface area contributed by atoms with Crippen molar-refractivity contribution in [3.63, 3.8) is 0 Å². The van der Waals surface area contributed by atoms with Gasteiger partial charge in [0.2, 0.25) is 0 Å². The summed E-state index contributed by atoms with van der Waals surface area (Å²) in [6.45, 7) is 5.10. The van der Waals surface area contributed by atoms with Gasteiger partial charge in [0.05, 0.1) is 5.92 Å². The van der Waals surface area contributed by atoms with Crippen LogP contribution in [0.2, 0.25) is 0 Å². The van der Waals surface area contributed by atoms with Gasteiger partial charge in [0.15, 0.2) is 0 Å². The monoisotopic (exact) mass is 172 g/mol. The van der Waals surface area contributed by atoms with Crippen molar-refractivity contribution < 1.29 is 14.7 Å². The van der Waals surface area contributed by atoms with Crippen molar-refractivity contribution in [3.05, 3.63) is 0 Å². The first kappa shape index (κ1) is 11.1. The van der Waals surface area contributed by atoms with Gasteiger partial charge in [-0.3, -0.25) is 9.59 Å². The average Bonchev–Trinajstić information content (AvgIpc) is 1.98. The van der Waals surface area contributed by atoms with Crippen molar-refractivity contribution in [2.24, 2.45) is 11.8 Å². The van der Waals surface area contributed by atoms with E-state index in [1.165, 1.54) is 6.92 Å². The zero-order chi connectivity index (χ0) is 9.72. The maximum absolute atomic E-state index is 11.0. The van der Waals surface area contributed by atoms with Gasteiger partial charge in [-0.05, 0) is 19.8 Å². The van der Waals surface area contributed by atoms with E-state index in [2.05, 4.69) is 0 Å². The molecule has 3 nitrogen and oxygen atoms in total. The Balaban J connectivity index is 4.44. The summed E-state index contributed by atoms with van der Waals surface area (Å²) in [7, 11) is 0. The number of ketones is 1. The number of aliphatic carboxylic acids is 1. The third-order valence-corrected chi connectivity index (χ3v) is 2.20. The molecule has 2 unspecified atom stereocenters. The van der Waals surface area contributed by atoms with Crippen LogP contribution in [0.15, 0.2) is 0 Å². The molecule has 0 rings (SSSR count). The van der Waals surface area contributed by atoms with Crippen LogP contribution in [0.4, 0.5) is 0 Å². The van der Waals surface area contributed by atoms with Crippen molar-refractivity contribution in [1.29, 1.82) is 0 Å². The lowest BCUT2D eigenvalue weighted by Crippen LogP contribution is -2.27. The summed E-state index contributed by atoms with van der Waals surface area (Å²) < 4.78 is 0. The Morgan fingerprint density at radius 3 is 1.67 bits per heavy atom. The summed E-state index contributed by atoms with van der Waals surface area (Å²) in [5, 5.41) is 8.77. The normalized spacial score (nSPS) is 15.2. The molecule has 0 aliphatic rings. The van der Waals surface area contributed by atoms with Crippen molar-refractivity contribution in [1.82, 2.24) is 0 Å². The van der Waals surface area contributed by atoms with E-state index in [4.69, 9.17) is 5.11 Å². The van der Waals surface area contributed by atoms with Gasteiger partial charge in [0.1, 0.15) is 5.78 Å². The molecule has 0 aliphatic carbocycles. The predicted molar refractivity (Wildman–Crippen MR) is 45.9 cm³/mol. The van der Waals surface area contributed by atoms with Crippen LogP contribution in [-0.4, -0.2) is 16.9 Å². The molecule has 3 heteroatoms. The van der Waals surface area contributed by atoms with E-state index in [1.54, 1.807) is 6.92 Å². The summed E-state index contributed by atoms with van der Waals surface area (Å²) in [6.07, 6.45) is 1.13. The lowest BCUT2D eigenvalue weighted by atomic mass is 9.85. The molecule has 0 saturated carbocycles. The standard InChI is InChI=1S/C9H16O3/c1-4-7(6(3)10)8(5-2)9(11)12/h7-8H,4-5H2,1-3H3,(H,11,12). The SMILES string of the molecule is CCC(C(C)=O)C(CC)C(=O)O. The molecule has 0 aromatic carbocycles. The highest BCUT2D eigenvalue weighted by atomic mass is 16.4. The fourth-order valence-electron chi connectivity index (χ4n) is 1.49. The third-order valence-electron chi connectivity index (χ3n) is 2.20. The molecule has 0 aromatic heterocycles. The fourth-order valence-corrected chi connectivity index (χ4v) is 1.49. The smallest absolute Gasteiger partial charge is 0.307 e. The second-order valence-corrected chi connectivity index (χ2v) is 2.98. The van der Waals surface area contributed by atoms with Gasteiger partial charge in [-0.1, -0.05) is 13.8 Å². The fraction of sp³-hybridized carbons (Fsp3) is 0.778. The van der Waals surface area contributed by atoms with E-state index >= 15 is 0 Å². The number of hydrogen-bond acceptors (Lipinski definition) is 2. The second kappa shape index (κ2) is 4.91. The minimum absolute atomic E-state index is 0.0215. The van der Waals surface area contributed by atoms with Gasteiger partial charge in [0.25, 0.3) is 0 Å². The zero-order valence-electron chi connectivity index (χ0n) is 7.83. The first-order valence-electron chi connectivity index (χ1n) is 4.27. The molecule has 0 amide bonds. The molecule has 0 saturated heterocycles. The molecular formula is C9H16O3. The molecule has 0 bridgehead atoms. The molecule has 12 heavy (non-hydrogen) atoms. The van der Waals surface area contributed by atoms with Crippen molar-refractivity contribution >= 4 is 11.8 Å². The van der Waals surface area contributed by atoms with Crippen LogP contribution >= 0.6 is 0 Å².